The fraction of sp³-hybridized carbons (Fsp3) is 0.312. The Labute approximate surface area is 136 Å². The fourth-order valence-electron chi connectivity index (χ4n) is 2.47. The lowest BCUT2D eigenvalue weighted by Crippen LogP contribution is -2.03. The Balaban J connectivity index is 1.66. The number of hydrogen-bond acceptors (Lipinski definition) is 4. The van der Waals surface area contributed by atoms with Crippen molar-refractivity contribution in [2.45, 2.75) is 36.1 Å². The Morgan fingerprint density at radius 3 is 2.83 bits per heavy atom. The minimum Gasteiger partial charge on any atom is -0.277 e. The number of rotatable bonds is 5. The lowest BCUT2D eigenvalue weighted by Gasteiger charge is -2.09. The summed E-state index contributed by atoms with van der Waals surface area (Å²) in [5.41, 5.74) is 0.907. The van der Waals surface area contributed by atoms with E-state index in [1.54, 1.807) is 0 Å². The maximum Gasteiger partial charge on any atom is 0.319 e. The number of thioether (sulfide) groups is 1. The predicted octanol–water partition coefficient (Wildman–Crippen LogP) is 4.39. The van der Waals surface area contributed by atoms with Crippen LogP contribution in [0.15, 0.2) is 41.7 Å². The molecule has 4 nitrogen and oxygen atoms in total. The standard InChI is InChI=1S/C16H14F2N4S/c17-16(18)22-8-7-19-13(22)9-23-15-11-3-1-2-4-12(11)20-14(21-15)10-5-6-10/h1-4,7-8,10,16H,5-6,9H2. The quantitative estimate of drug-likeness (QED) is 0.513. The molecule has 1 fully saturated rings. The first kappa shape index (κ1) is 14.6. The molecule has 1 aliphatic rings. The number of alkyl halides is 2. The lowest BCUT2D eigenvalue weighted by molar-refractivity contribution is 0.0678. The van der Waals surface area contributed by atoms with Crippen LogP contribution < -0.4 is 0 Å². The summed E-state index contributed by atoms with van der Waals surface area (Å²) in [4.78, 5) is 13.3. The topological polar surface area (TPSA) is 43.6 Å². The van der Waals surface area contributed by atoms with E-state index in [4.69, 9.17) is 0 Å². The summed E-state index contributed by atoms with van der Waals surface area (Å²) in [7, 11) is 0. The number of nitrogens with zero attached hydrogens (tertiary/aromatic N) is 4. The minimum absolute atomic E-state index is 0.348. The molecule has 0 unspecified atom stereocenters. The van der Waals surface area contributed by atoms with Crippen LogP contribution in [0.3, 0.4) is 0 Å². The first-order valence-electron chi connectivity index (χ1n) is 7.41. The van der Waals surface area contributed by atoms with Crippen LogP contribution in [0.4, 0.5) is 8.78 Å². The maximum atomic E-state index is 12.9. The zero-order chi connectivity index (χ0) is 15.8. The monoisotopic (exact) mass is 332 g/mol. The van der Waals surface area contributed by atoms with E-state index in [9.17, 15) is 8.78 Å². The molecule has 118 valence electrons. The molecule has 1 aliphatic carbocycles. The predicted molar refractivity (Wildman–Crippen MR) is 84.6 cm³/mol. The number of hydrogen-bond donors (Lipinski definition) is 0. The van der Waals surface area contributed by atoms with Gasteiger partial charge in [-0.3, -0.25) is 4.57 Å². The molecule has 7 heteroatoms. The van der Waals surface area contributed by atoms with Crippen LogP contribution in [0.25, 0.3) is 10.9 Å². The summed E-state index contributed by atoms with van der Waals surface area (Å²) in [5, 5.41) is 1.79. The first-order valence-corrected chi connectivity index (χ1v) is 8.40. The van der Waals surface area contributed by atoms with Gasteiger partial charge in [-0.25, -0.2) is 15.0 Å². The Morgan fingerprint density at radius 1 is 1.22 bits per heavy atom. The SMILES string of the molecule is FC(F)n1ccnc1CSc1nc(C2CC2)nc2ccccc12. The molecule has 0 spiro atoms. The summed E-state index contributed by atoms with van der Waals surface area (Å²) in [6.07, 6.45) is 4.94. The van der Waals surface area contributed by atoms with E-state index in [1.165, 1.54) is 24.2 Å². The van der Waals surface area contributed by atoms with Gasteiger partial charge in [0.05, 0.1) is 11.3 Å². The van der Waals surface area contributed by atoms with Gasteiger partial charge in [0.2, 0.25) is 0 Å². The average molecular weight is 332 g/mol. The third-order valence-corrected chi connectivity index (χ3v) is 4.81. The van der Waals surface area contributed by atoms with Crippen molar-refractivity contribution >= 4 is 22.7 Å². The number of para-hydroxylation sites is 1. The van der Waals surface area contributed by atoms with Gasteiger partial charge in [-0.1, -0.05) is 30.0 Å². The van der Waals surface area contributed by atoms with E-state index in [-0.39, 0.29) is 0 Å². The van der Waals surface area contributed by atoms with Crippen molar-refractivity contribution in [2.24, 2.45) is 0 Å². The molecule has 0 saturated heterocycles. The van der Waals surface area contributed by atoms with Gasteiger partial charge >= 0.3 is 6.55 Å². The minimum atomic E-state index is -2.57. The first-order chi connectivity index (χ1) is 11.2. The normalized spacial score (nSPS) is 14.7. The highest BCUT2D eigenvalue weighted by Gasteiger charge is 2.27. The van der Waals surface area contributed by atoms with Gasteiger partial charge in [-0.05, 0) is 18.9 Å². The van der Waals surface area contributed by atoms with Gasteiger partial charge in [-0.15, -0.1) is 0 Å². The molecular formula is C16H14F2N4S. The number of halogens is 2. The highest BCUT2D eigenvalue weighted by molar-refractivity contribution is 7.98. The molecule has 3 aromatic rings. The summed E-state index contributed by atoms with van der Waals surface area (Å²) in [6, 6.07) is 7.82. The van der Waals surface area contributed by atoms with Gasteiger partial charge in [-0.2, -0.15) is 8.78 Å². The van der Waals surface area contributed by atoms with Crippen LogP contribution in [0.2, 0.25) is 0 Å². The molecule has 4 rings (SSSR count). The van der Waals surface area contributed by atoms with Gasteiger partial charge in [0, 0.05) is 23.7 Å². The Hall–Kier alpha value is -2.02. The van der Waals surface area contributed by atoms with Crippen molar-refractivity contribution in [1.29, 1.82) is 0 Å². The molecule has 1 saturated carbocycles. The molecule has 0 atom stereocenters. The number of benzene rings is 1. The third-order valence-electron chi connectivity index (χ3n) is 3.83. The summed E-state index contributed by atoms with van der Waals surface area (Å²) in [6.45, 7) is -2.57. The zero-order valence-corrected chi connectivity index (χ0v) is 13.0. The largest absolute Gasteiger partial charge is 0.319 e. The third kappa shape index (κ3) is 2.93. The van der Waals surface area contributed by atoms with E-state index >= 15 is 0 Å². The lowest BCUT2D eigenvalue weighted by atomic mass is 10.2. The molecule has 2 heterocycles. The molecule has 0 aliphatic heterocycles. The highest BCUT2D eigenvalue weighted by atomic mass is 32.2. The van der Waals surface area contributed by atoms with Gasteiger partial charge in [0.15, 0.2) is 0 Å². The molecule has 0 bridgehead atoms. The summed E-state index contributed by atoms with van der Waals surface area (Å²) < 4.78 is 26.7. The second-order valence-electron chi connectivity index (χ2n) is 5.50. The molecule has 23 heavy (non-hydrogen) atoms. The fourth-order valence-corrected chi connectivity index (χ4v) is 3.44. The average Bonchev–Trinajstić information content (AvgIpc) is 3.30. The Morgan fingerprint density at radius 2 is 2.04 bits per heavy atom. The van der Waals surface area contributed by atoms with Crippen LogP contribution in [0.5, 0.6) is 0 Å². The van der Waals surface area contributed by atoms with E-state index in [0.717, 1.165) is 39.2 Å². The van der Waals surface area contributed by atoms with Crippen molar-refractivity contribution in [3.63, 3.8) is 0 Å². The molecule has 0 amide bonds. The smallest absolute Gasteiger partial charge is 0.277 e. The van der Waals surface area contributed by atoms with Gasteiger partial charge in [0.25, 0.3) is 0 Å². The van der Waals surface area contributed by atoms with Crippen LogP contribution in [0.1, 0.15) is 37.0 Å². The molecule has 2 aromatic heterocycles. The van der Waals surface area contributed by atoms with Gasteiger partial charge < -0.3 is 0 Å². The van der Waals surface area contributed by atoms with Crippen LogP contribution in [-0.2, 0) is 5.75 Å². The van der Waals surface area contributed by atoms with Crippen molar-refractivity contribution in [1.82, 2.24) is 19.5 Å². The van der Waals surface area contributed by atoms with Gasteiger partial charge in [0.1, 0.15) is 16.7 Å². The second kappa shape index (κ2) is 5.88. The van der Waals surface area contributed by atoms with Crippen LogP contribution >= 0.6 is 11.8 Å². The van der Waals surface area contributed by atoms with Crippen molar-refractivity contribution in [3.05, 3.63) is 48.3 Å². The van der Waals surface area contributed by atoms with Crippen molar-refractivity contribution in [2.75, 3.05) is 0 Å². The summed E-state index contributed by atoms with van der Waals surface area (Å²) >= 11 is 1.43. The van der Waals surface area contributed by atoms with E-state index in [1.807, 2.05) is 24.3 Å². The van der Waals surface area contributed by atoms with Crippen molar-refractivity contribution < 1.29 is 8.78 Å². The van der Waals surface area contributed by atoms with Crippen molar-refractivity contribution in [3.8, 4) is 0 Å². The number of aromatic nitrogens is 4. The van der Waals surface area contributed by atoms with E-state index < -0.39 is 6.55 Å². The van der Waals surface area contributed by atoms with E-state index in [0.29, 0.717) is 17.5 Å². The zero-order valence-electron chi connectivity index (χ0n) is 12.2. The number of fused-ring (bicyclic) bond motifs is 1. The molecule has 0 N–H and O–H groups in total. The maximum absolute atomic E-state index is 12.9. The number of imidazole rings is 1. The molecule has 0 radical (unpaired) electrons. The summed E-state index contributed by atoms with van der Waals surface area (Å²) in [5.74, 6) is 2.01. The second-order valence-corrected chi connectivity index (χ2v) is 6.46. The van der Waals surface area contributed by atoms with Crippen LogP contribution in [0, 0.1) is 0 Å². The molecular weight excluding hydrogens is 318 g/mol. The van der Waals surface area contributed by atoms with Crippen LogP contribution in [-0.4, -0.2) is 19.5 Å². The highest BCUT2D eigenvalue weighted by Crippen LogP contribution is 2.40. The Kier molecular flexibility index (Phi) is 3.72. The van der Waals surface area contributed by atoms with E-state index in [2.05, 4.69) is 15.0 Å². The molecule has 1 aromatic carbocycles. The Bertz CT molecular complexity index is 845.